The maximum Gasteiger partial charge on any atom is 0.339 e. The molecule has 0 amide bonds. The van der Waals surface area contributed by atoms with Crippen LogP contribution in [0.4, 0.5) is 0 Å². The van der Waals surface area contributed by atoms with Crippen LogP contribution in [0, 0.1) is 20.8 Å². The summed E-state index contributed by atoms with van der Waals surface area (Å²) < 4.78 is 16.2. The summed E-state index contributed by atoms with van der Waals surface area (Å²) in [5.74, 6) is 1.90. The van der Waals surface area contributed by atoms with Crippen molar-refractivity contribution in [2.45, 2.75) is 31.4 Å². The Labute approximate surface area is 169 Å². The number of carbonyl (C=O) groups excluding carboxylic acids is 1. The summed E-state index contributed by atoms with van der Waals surface area (Å²) in [6.45, 7) is 6.33. The van der Waals surface area contributed by atoms with Crippen LogP contribution in [-0.2, 0) is 10.5 Å². The maximum absolute atomic E-state index is 12.5. The minimum Gasteiger partial charge on any atom is -0.490 e. The normalized spacial score (nSPS) is 10.7. The number of hydrogen-bond acceptors (Lipinski definition) is 6. The molecule has 3 aromatic rings. The monoisotopic (exact) mass is 397 g/mol. The Morgan fingerprint density at radius 3 is 2.50 bits per heavy atom. The van der Waals surface area contributed by atoms with Crippen LogP contribution in [0.5, 0.6) is 5.75 Å². The Kier molecular flexibility index (Phi) is 6.76. The highest BCUT2D eigenvalue weighted by Crippen LogP contribution is 2.29. The summed E-state index contributed by atoms with van der Waals surface area (Å²) in [4.78, 5) is 13.4. The number of nitrogens with zero attached hydrogens (tertiary/aromatic N) is 1. The van der Waals surface area contributed by atoms with E-state index in [0.29, 0.717) is 17.9 Å². The zero-order valence-corrected chi connectivity index (χ0v) is 17.0. The number of carbonyl (C=O) groups is 1. The van der Waals surface area contributed by atoms with E-state index in [2.05, 4.69) is 5.16 Å². The Bertz CT molecular complexity index is 914. The van der Waals surface area contributed by atoms with E-state index < -0.39 is 0 Å². The predicted molar refractivity (Wildman–Crippen MR) is 109 cm³/mol. The van der Waals surface area contributed by atoms with Crippen LogP contribution in [0.2, 0.25) is 0 Å². The Hall–Kier alpha value is -2.73. The average molecular weight is 397 g/mol. The third kappa shape index (κ3) is 5.16. The third-order valence-electron chi connectivity index (χ3n) is 4.27. The van der Waals surface area contributed by atoms with Crippen LogP contribution in [0.3, 0.4) is 0 Å². The molecule has 0 spiro atoms. The van der Waals surface area contributed by atoms with Gasteiger partial charge in [-0.15, -0.1) is 11.8 Å². The van der Waals surface area contributed by atoms with Gasteiger partial charge in [0.15, 0.2) is 0 Å². The molecule has 0 aliphatic heterocycles. The van der Waals surface area contributed by atoms with Gasteiger partial charge in [0.05, 0.1) is 11.3 Å². The van der Waals surface area contributed by atoms with Gasteiger partial charge in [0.2, 0.25) is 0 Å². The first-order valence-electron chi connectivity index (χ1n) is 9.05. The first-order chi connectivity index (χ1) is 13.5. The van der Waals surface area contributed by atoms with E-state index in [4.69, 9.17) is 14.0 Å². The van der Waals surface area contributed by atoms with Crippen molar-refractivity contribution < 1.29 is 18.8 Å². The van der Waals surface area contributed by atoms with Gasteiger partial charge in [0, 0.05) is 16.2 Å². The number of aryl methyl sites for hydroxylation is 3. The van der Waals surface area contributed by atoms with Crippen LogP contribution in [-0.4, -0.2) is 24.3 Å². The molecular weight excluding hydrogens is 374 g/mol. The minimum absolute atomic E-state index is 0.190. The summed E-state index contributed by atoms with van der Waals surface area (Å²) in [6, 6.07) is 15.2. The second-order valence-electron chi connectivity index (χ2n) is 6.38. The van der Waals surface area contributed by atoms with Gasteiger partial charge < -0.3 is 14.0 Å². The molecule has 0 unspecified atom stereocenters. The van der Waals surface area contributed by atoms with Crippen molar-refractivity contribution in [2.75, 3.05) is 13.2 Å². The zero-order valence-electron chi connectivity index (χ0n) is 16.2. The number of aromatic nitrogens is 1. The molecule has 28 heavy (non-hydrogen) atoms. The molecule has 0 atom stereocenters. The lowest BCUT2D eigenvalue weighted by molar-refractivity contribution is 0.0446. The molecule has 6 heteroatoms. The van der Waals surface area contributed by atoms with E-state index >= 15 is 0 Å². The standard InChI is InChI=1S/C22H23NO4S/c1-15-8-10-18(11-9-15)25-12-13-26-22(24)19-6-4-5-7-21(19)28-14-20-16(2)23-27-17(20)3/h4-11H,12-14H2,1-3H3. The molecule has 1 heterocycles. The number of benzene rings is 2. The van der Waals surface area contributed by atoms with Gasteiger partial charge in [-0.2, -0.15) is 0 Å². The predicted octanol–water partition coefficient (Wildman–Crippen LogP) is 5.13. The van der Waals surface area contributed by atoms with Gasteiger partial charge in [-0.25, -0.2) is 4.79 Å². The van der Waals surface area contributed by atoms with Crippen molar-refractivity contribution in [3.8, 4) is 5.75 Å². The molecule has 0 saturated carbocycles. The van der Waals surface area contributed by atoms with Crippen molar-refractivity contribution in [1.82, 2.24) is 5.16 Å². The van der Waals surface area contributed by atoms with Gasteiger partial charge in [0.25, 0.3) is 0 Å². The first kappa shape index (κ1) is 20.0. The van der Waals surface area contributed by atoms with E-state index in [0.717, 1.165) is 27.7 Å². The summed E-state index contributed by atoms with van der Waals surface area (Å²) >= 11 is 1.57. The molecule has 0 aliphatic rings. The van der Waals surface area contributed by atoms with Gasteiger partial charge in [-0.05, 0) is 45.0 Å². The molecule has 0 radical (unpaired) electrons. The lowest BCUT2D eigenvalue weighted by atomic mass is 10.2. The van der Waals surface area contributed by atoms with Gasteiger partial charge in [0.1, 0.15) is 24.7 Å². The second kappa shape index (κ2) is 9.46. The van der Waals surface area contributed by atoms with Crippen LogP contribution < -0.4 is 4.74 Å². The molecule has 5 nitrogen and oxygen atoms in total. The van der Waals surface area contributed by atoms with Gasteiger partial charge in [-0.1, -0.05) is 35.0 Å². The summed E-state index contributed by atoms with van der Waals surface area (Å²) in [6.07, 6.45) is 0. The van der Waals surface area contributed by atoms with E-state index in [9.17, 15) is 4.79 Å². The van der Waals surface area contributed by atoms with Crippen LogP contribution >= 0.6 is 11.8 Å². The van der Waals surface area contributed by atoms with Crippen molar-refractivity contribution in [3.63, 3.8) is 0 Å². The maximum atomic E-state index is 12.5. The first-order valence-corrected chi connectivity index (χ1v) is 10.0. The van der Waals surface area contributed by atoms with Crippen molar-refractivity contribution in [2.24, 2.45) is 0 Å². The Morgan fingerprint density at radius 2 is 1.79 bits per heavy atom. The highest BCUT2D eigenvalue weighted by Gasteiger charge is 2.15. The van der Waals surface area contributed by atoms with E-state index in [1.165, 1.54) is 5.56 Å². The van der Waals surface area contributed by atoms with Crippen LogP contribution in [0.1, 0.15) is 32.9 Å². The van der Waals surface area contributed by atoms with Crippen molar-refractivity contribution >= 4 is 17.7 Å². The zero-order chi connectivity index (χ0) is 19.9. The molecule has 0 N–H and O–H groups in total. The Balaban J connectivity index is 1.54. The van der Waals surface area contributed by atoms with Crippen molar-refractivity contribution in [3.05, 3.63) is 76.7 Å². The fraction of sp³-hybridized carbons (Fsp3) is 0.273. The summed E-state index contributed by atoms with van der Waals surface area (Å²) in [7, 11) is 0. The van der Waals surface area contributed by atoms with E-state index in [-0.39, 0.29) is 12.6 Å². The number of ether oxygens (including phenoxy) is 2. The smallest absolute Gasteiger partial charge is 0.339 e. The number of thioether (sulfide) groups is 1. The van der Waals surface area contributed by atoms with Crippen molar-refractivity contribution in [1.29, 1.82) is 0 Å². The molecule has 3 rings (SSSR count). The highest BCUT2D eigenvalue weighted by molar-refractivity contribution is 7.98. The fourth-order valence-electron chi connectivity index (χ4n) is 2.63. The second-order valence-corrected chi connectivity index (χ2v) is 7.40. The quantitative estimate of drug-likeness (QED) is 0.298. The molecule has 2 aromatic carbocycles. The number of esters is 1. The molecule has 0 aliphatic carbocycles. The molecule has 0 bridgehead atoms. The fourth-order valence-corrected chi connectivity index (χ4v) is 3.82. The third-order valence-corrected chi connectivity index (χ3v) is 5.37. The minimum atomic E-state index is -0.352. The Morgan fingerprint density at radius 1 is 1.04 bits per heavy atom. The summed E-state index contributed by atoms with van der Waals surface area (Å²) in [5.41, 5.74) is 3.65. The molecule has 146 valence electrons. The highest BCUT2D eigenvalue weighted by atomic mass is 32.2. The topological polar surface area (TPSA) is 61.6 Å². The van der Waals surface area contributed by atoms with Gasteiger partial charge >= 0.3 is 5.97 Å². The van der Waals surface area contributed by atoms with E-state index in [1.807, 2.05) is 63.2 Å². The molecular formula is C22H23NO4S. The SMILES string of the molecule is Cc1ccc(OCCOC(=O)c2ccccc2SCc2c(C)noc2C)cc1. The molecule has 0 saturated heterocycles. The largest absolute Gasteiger partial charge is 0.490 e. The lowest BCUT2D eigenvalue weighted by Crippen LogP contribution is -2.13. The molecule has 1 aromatic heterocycles. The van der Waals surface area contributed by atoms with E-state index in [1.54, 1.807) is 17.8 Å². The van der Waals surface area contributed by atoms with Crippen LogP contribution in [0.25, 0.3) is 0 Å². The number of hydrogen-bond donors (Lipinski definition) is 0. The summed E-state index contributed by atoms with van der Waals surface area (Å²) in [5, 5.41) is 3.97. The number of rotatable bonds is 8. The van der Waals surface area contributed by atoms with Gasteiger partial charge in [-0.3, -0.25) is 0 Å². The average Bonchev–Trinajstić information content (AvgIpc) is 3.02. The van der Waals surface area contributed by atoms with Crippen LogP contribution in [0.15, 0.2) is 57.9 Å². The molecule has 0 fully saturated rings. The lowest BCUT2D eigenvalue weighted by Gasteiger charge is -2.10.